The van der Waals surface area contributed by atoms with Gasteiger partial charge in [0.2, 0.25) is 5.91 Å². The highest BCUT2D eigenvalue weighted by Gasteiger charge is 2.03. The molecule has 0 fully saturated rings. The second-order valence-electron chi connectivity index (χ2n) is 6.21. The summed E-state index contributed by atoms with van der Waals surface area (Å²) in [5.74, 6) is 0.541. The molecule has 1 heterocycles. The van der Waals surface area contributed by atoms with E-state index in [0.29, 0.717) is 18.8 Å². The van der Waals surface area contributed by atoms with Crippen molar-refractivity contribution < 1.29 is 9.07 Å². The number of nitrogens with two attached hydrogens (primary N) is 1. The minimum Gasteiger partial charge on any atom is -0.382 e. The minimum atomic E-state index is 0. The summed E-state index contributed by atoms with van der Waals surface area (Å²) < 4.78 is 0. The van der Waals surface area contributed by atoms with Gasteiger partial charge in [-0.3, -0.25) is 4.79 Å². The highest BCUT2D eigenvalue weighted by molar-refractivity contribution is 5.79. The van der Waals surface area contributed by atoms with Crippen LogP contribution in [0.3, 0.4) is 0 Å². The van der Waals surface area contributed by atoms with E-state index in [1.165, 1.54) is 0 Å². The zero-order chi connectivity index (χ0) is 19.9. The molecule has 152 valence electrons. The molecule has 5 heteroatoms. The summed E-state index contributed by atoms with van der Waals surface area (Å²) in [5.41, 5.74) is 7.60. The van der Waals surface area contributed by atoms with Crippen molar-refractivity contribution in [1.82, 2.24) is 10.3 Å². The summed E-state index contributed by atoms with van der Waals surface area (Å²) in [6, 6.07) is 15.7. The topological polar surface area (TPSA) is 80.0 Å². The lowest BCUT2D eigenvalue weighted by Crippen LogP contribution is -2.25. The van der Waals surface area contributed by atoms with E-state index < -0.39 is 0 Å². The van der Waals surface area contributed by atoms with Gasteiger partial charge in [0.25, 0.3) is 0 Å². The van der Waals surface area contributed by atoms with Crippen LogP contribution in [0.2, 0.25) is 0 Å². The number of carbonyl (C=O) groups is 1. The maximum atomic E-state index is 11.9. The lowest BCUT2D eigenvalue weighted by Gasteiger charge is -2.09. The molecule has 0 bridgehead atoms. The van der Waals surface area contributed by atoms with E-state index in [1.807, 2.05) is 66.8 Å². The molecular weight excluding hydrogens is 348 g/mol. The Kier molecular flexibility index (Phi) is 9.68. The number of nitrogens with one attached hydrogen (secondary N) is 2. The standard InChI is InChI=1S/C17H22N4O.C6H6.3H2/c18-17-15(9-5-10-21-17)19-11-6-12-20-16(22)13-14-7-3-1-2-4-8-14;1-2-4-6-5-3-1;;;/h1,3-5,7-10,19H,2,6,11-13H2,(H2,18,21)(H,20,22);1-6H;3*1H. The van der Waals surface area contributed by atoms with Crippen molar-refractivity contribution >= 4 is 17.4 Å². The smallest absolute Gasteiger partial charge is 0.224 e. The van der Waals surface area contributed by atoms with Crippen LogP contribution in [0.5, 0.6) is 0 Å². The molecule has 0 radical (unpaired) electrons. The van der Waals surface area contributed by atoms with Crippen LogP contribution in [-0.2, 0) is 4.79 Å². The van der Waals surface area contributed by atoms with Crippen LogP contribution in [0.25, 0.3) is 0 Å². The molecule has 1 aromatic heterocycles. The van der Waals surface area contributed by atoms with Crippen LogP contribution < -0.4 is 16.4 Å². The van der Waals surface area contributed by atoms with Gasteiger partial charge in [0.15, 0.2) is 0 Å². The number of aromatic nitrogens is 1. The number of hydrogen-bond acceptors (Lipinski definition) is 4. The Morgan fingerprint density at radius 3 is 2.54 bits per heavy atom. The van der Waals surface area contributed by atoms with Gasteiger partial charge in [0.05, 0.1) is 12.1 Å². The number of rotatable bonds is 7. The van der Waals surface area contributed by atoms with Crippen molar-refractivity contribution in [1.29, 1.82) is 0 Å². The Labute approximate surface area is 171 Å². The first-order valence-electron chi connectivity index (χ1n) is 9.49. The van der Waals surface area contributed by atoms with E-state index in [1.54, 1.807) is 6.20 Å². The predicted octanol–water partition coefficient (Wildman–Crippen LogP) is 4.84. The summed E-state index contributed by atoms with van der Waals surface area (Å²) in [6.07, 6.45) is 13.9. The van der Waals surface area contributed by atoms with Gasteiger partial charge in [0.1, 0.15) is 5.82 Å². The highest BCUT2D eigenvalue weighted by Crippen LogP contribution is 2.13. The summed E-state index contributed by atoms with van der Waals surface area (Å²) in [7, 11) is 0. The van der Waals surface area contributed by atoms with Crippen molar-refractivity contribution in [3.63, 3.8) is 0 Å². The molecule has 1 aliphatic carbocycles. The molecule has 0 unspecified atom stereocenters. The zero-order valence-corrected chi connectivity index (χ0v) is 16.1. The SMILES string of the molecule is Nc1ncccc1NCCCNC(=O)CC1=CC=CCC=C1.[HH].[HH].[HH].c1ccccc1. The zero-order valence-electron chi connectivity index (χ0n) is 16.1. The third kappa shape index (κ3) is 8.85. The number of carbonyl (C=O) groups excluding carboxylic acids is 1. The van der Waals surface area contributed by atoms with Crippen LogP contribution in [-0.4, -0.2) is 24.0 Å². The van der Waals surface area contributed by atoms with E-state index in [-0.39, 0.29) is 10.2 Å². The molecule has 28 heavy (non-hydrogen) atoms. The molecular formula is C23H34N4O. The molecule has 0 atom stereocenters. The molecule has 0 saturated heterocycles. The average Bonchev–Trinajstić information content (AvgIpc) is 2.99. The van der Waals surface area contributed by atoms with Gasteiger partial charge in [-0.25, -0.2) is 4.98 Å². The first kappa shape index (κ1) is 21.0. The second kappa shape index (κ2) is 12.9. The molecule has 0 saturated carbocycles. The van der Waals surface area contributed by atoms with Gasteiger partial charge in [-0.05, 0) is 30.5 Å². The largest absolute Gasteiger partial charge is 0.382 e. The lowest BCUT2D eigenvalue weighted by molar-refractivity contribution is -0.120. The predicted molar refractivity (Wildman–Crippen MR) is 123 cm³/mol. The van der Waals surface area contributed by atoms with Gasteiger partial charge in [0, 0.05) is 23.6 Å². The molecule has 1 amide bonds. The Bertz CT molecular complexity index is 785. The van der Waals surface area contributed by atoms with Crippen molar-refractivity contribution in [2.45, 2.75) is 19.3 Å². The highest BCUT2D eigenvalue weighted by atomic mass is 16.1. The van der Waals surface area contributed by atoms with Crippen LogP contribution >= 0.6 is 0 Å². The van der Waals surface area contributed by atoms with Crippen LogP contribution in [0.1, 0.15) is 23.5 Å². The van der Waals surface area contributed by atoms with E-state index in [4.69, 9.17) is 5.73 Å². The average molecular weight is 383 g/mol. The fourth-order valence-corrected chi connectivity index (χ4v) is 2.48. The summed E-state index contributed by atoms with van der Waals surface area (Å²) in [4.78, 5) is 15.9. The van der Waals surface area contributed by atoms with Gasteiger partial charge in [-0.1, -0.05) is 66.8 Å². The molecule has 0 aliphatic heterocycles. The van der Waals surface area contributed by atoms with E-state index in [2.05, 4.69) is 27.8 Å². The Morgan fingerprint density at radius 1 is 1.07 bits per heavy atom. The van der Waals surface area contributed by atoms with Gasteiger partial charge < -0.3 is 16.4 Å². The minimum absolute atomic E-state index is 0. The Balaban J connectivity index is 0. The van der Waals surface area contributed by atoms with Crippen LogP contribution in [0.4, 0.5) is 11.5 Å². The molecule has 5 nitrogen and oxygen atoms in total. The molecule has 3 rings (SSSR count). The van der Waals surface area contributed by atoms with Crippen molar-refractivity contribution in [2.24, 2.45) is 0 Å². The lowest BCUT2D eigenvalue weighted by atomic mass is 10.1. The van der Waals surface area contributed by atoms with Gasteiger partial charge >= 0.3 is 0 Å². The number of nitrogen functional groups attached to an aromatic ring is 1. The third-order valence-electron chi connectivity index (χ3n) is 3.91. The van der Waals surface area contributed by atoms with Crippen LogP contribution in [0, 0.1) is 0 Å². The van der Waals surface area contributed by atoms with E-state index in [0.717, 1.165) is 30.6 Å². The molecule has 0 spiro atoms. The number of anilines is 2. The van der Waals surface area contributed by atoms with Crippen molar-refractivity contribution in [2.75, 3.05) is 24.1 Å². The molecule has 1 aromatic carbocycles. The second-order valence-corrected chi connectivity index (χ2v) is 6.21. The number of allylic oxidation sites excluding steroid dienone is 5. The van der Waals surface area contributed by atoms with E-state index in [9.17, 15) is 4.79 Å². The van der Waals surface area contributed by atoms with Gasteiger partial charge in [-0.15, -0.1) is 0 Å². The first-order chi connectivity index (χ1) is 13.8. The Hall–Kier alpha value is -3.34. The molecule has 4 N–H and O–H groups in total. The van der Waals surface area contributed by atoms with E-state index >= 15 is 0 Å². The maximum Gasteiger partial charge on any atom is 0.224 e. The van der Waals surface area contributed by atoms with Crippen LogP contribution in [0.15, 0.2) is 90.7 Å². The first-order valence-corrected chi connectivity index (χ1v) is 9.49. The fraction of sp³-hybridized carbons (Fsp3) is 0.217. The normalized spacial score (nSPS) is 12.2. The fourth-order valence-electron chi connectivity index (χ4n) is 2.48. The number of benzene rings is 1. The maximum absolute atomic E-state index is 11.9. The molecule has 1 aliphatic rings. The monoisotopic (exact) mass is 382 g/mol. The summed E-state index contributed by atoms with van der Waals surface area (Å²) in [5, 5.41) is 6.13. The third-order valence-corrected chi connectivity index (χ3v) is 3.91. The van der Waals surface area contributed by atoms with Gasteiger partial charge in [-0.2, -0.15) is 0 Å². The number of hydrogen-bond donors (Lipinski definition) is 3. The molecule has 2 aromatic rings. The summed E-state index contributed by atoms with van der Waals surface area (Å²) in [6.45, 7) is 1.38. The quantitative estimate of drug-likeness (QED) is 0.599. The van der Waals surface area contributed by atoms with Crippen molar-refractivity contribution in [3.8, 4) is 0 Å². The number of nitrogens with zero attached hydrogens (tertiary/aromatic N) is 1. The number of pyridine rings is 1. The van der Waals surface area contributed by atoms with Crippen molar-refractivity contribution in [3.05, 3.63) is 90.7 Å². The Morgan fingerprint density at radius 2 is 1.82 bits per heavy atom. The number of amides is 1. The summed E-state index contributed by atoms with van der Waals surface area (Å²) >= 11 is 0.